The zero-order valence-corrected chi connectivity index (χ0v) is 27.6. The number of rotatable bonds is 14. The second-order valence-electron chi connectivity index (χ2n) is 4.98. The summed E-state index contributed by atoms with van der Waals surface area (Å²) in [6.45, 7) is -2.25. The molecule has 0 saturated carbocycles. The van der Waals surface area contributed by atoms with Crippen LogP contribution in [0.4, 0.5) is 0 Å². The fraction of sp³-hybridized carbons (Fsp3) is 0.636. The van der Waals surface area contributed by atoms with Crippen LogP contribution in [0.5, 0.6) is 0 Å². The topological polar surface area (TPSA) is 297 Å². The molecule has 8 N–H and O–H groups in total. The first kappa shape index (κ1) is 52.6. The van der Waals surface area contributed by atoms with E-state index in [-0.39, 0.29) is 123 Å². The van der Waals surface area contributed by atoms with Gasteiger partial charge < -0.3 is 29.3 Å². The molecule has 0 aliphatic heterocycles. The molecule has 18 nitrogen and oxygen atoms in total. The van der Waals surface area contributed by atoms with Crippen molar-refractivity contribution in [2.24, 2.45) is 0 Å². The van der Waals surface area contributed by atoms with E-state index in [1.54, 1.807) is 0 Å². The van der Waals surface area contributed by atoms with E-state index < -0.39 is 77.5 Å². The first-order valence-corrected chi connectivity index (χ1v) is 9.97. The number of carbonyl (C=O) groups is 4. The maximum atomic E-state index is 10.6. The minimum atomic E-state index is -4.57. The number of hydrogen-bond donors (Lipinski definition) is 8. The first-order chi connectivity index (χ1) is 14.1. The smallest absolute Gasteiger partial charge is 1.00 e. The predicted molar refractivity (Wildman–Crippen MR) is 100 cm³/mol. The fourth-order valence-corrected chi connectivity index (χ4v) is 2.39. The summed E-state index contributed by atoms with van der Waals surface area (Å²) in [4.78, 5) is 44.4. The minimum absolute atomic E-state index is 0. The quantitative estimate of drug-likeness (QED) is 0.0290. The van der Waals surface area contributed by atoms with Gasteiger partial charge in [0.1, 0.15) is 0 Å². The van der Waals surface area contributed by atoms with Gasteiger partial charge >= 0.3 is 123 Å². The van der Waals surface area contributed by atoms with Crippen LogP contribution >= 0.6 is 0 Å². The summed E-state index contributed by atoms with van der Waals surface area (Å²) >= 11 is -2.37. The molecular formula is C11H25FeN2Na3O16S2. The Hall–Kier alpha value is 1.22. The standard InChI is InChI=1S/C10H16N2O8.CH4O6S2.Fe.3Na.H2O2.3H/c13-7(14)3-11(4-8(15)16)1-2-12(5-9(17)18)6-10(19)20;2-8(3)1-7-9(4,5)6;;;;;1-2;;;/h1-6H2,(H,13,14)(H,15,16)(H,17,18)(H,19,20);1H2,(H,2,3)(H,4,5,6);;;;;1-2H;;;/q;;;3*+1;;3*-1. The van der Waals surface area contributed by atoms with E-state index in [4.69, 9.17) is 40.0 Å². The average molecular weight is 630 g/mol. The third kappa shape index (κ3) is 48.8. The van der Waals surface area contributed by atoms with E-state index in [0.717, 1.165) is 9.80 Å². The van der Waals surface area contributed by atoms with E-state index in [2.05, 4.69) is 4.18 Å². The van der Waals surface area contributed by atoms with Gasteiger partial charge in [0.2, 0.25) is 0 Å². The van der Waals surface area contributed by atoms with Crippen molar-refractivity contribution in [1.29, 1.82) is 0 Å². The van der Waals surface area contributed by atoms with E-state index in [9.17, 15) is 31.8 Å². The normalized spacial score (nSPS) is 10.2. The summed E-state index contributed by atoms with van der Waals surface area (Å²) in [5.74, 6) is -5.86. The number of nitrogens with zero attached hydrogens (tertiary/aromatic N) is 2. The summed E-state index contributed by atoms with van der Waals surface area (Å²) in [5, 5.41) is 46.5. The summed E-state index contributed by atoms with van der Waals surface area (Å²) in [7, 11) is -4.57. The van der Waals surface area contributed by atoms with Gasteiger partial charge in [-0.15, -0.1) is 0 Å². The van der Waals surface area contributed by atoms with Gasteiger partial charge in [-0.1, -0.05) is 0 Å². The molecule has 24 heteroatoms. The van der Waals surface area contributed by atoms with Crippen molar-refractivity contribution in [3.63, 3.8) is 0 Å². The van der Waals surface area contributed by atoms with Crippen molar-refractivity contribution in [3.05, 3.63) is 0 Å². The number of carboxylic acid groups (broad SMARTS) is 4. The third-order valence-electron chi connectivity index (χ3n) is 2.47. The molecule has 0 rings (SSSR count). The SMILES string of the molecule is O=C(O)CN(CCN(CC(=O)O)CC(=O)O)CC(=O)O.O=S(O)COS(=O)(=O)O.OO.[Fe].[H-].[H-].[H-].[Na+].[Na+].[Na+]. The van der Waals surface area contributed by atoms with Crippen LogP contribution in [0.1, 0.15) is 4.28 Å². The van der Waals surface area contributed by atoms with E-state index in [0.29, 0.717) is 0 Å². The predicted octanol–water partition coefficient (Wildman–Crippen LogP) is -11.7. The average Bonchev–Trinajstić information content (AvgIpc) is 2.57. The Kier molecular flexibility index (Phi) is 47.3. The Labute approximate surface area is 283 Å². The van der Waals surface area contributed by atoms with E-state index in [1.807, 2.05) is 0 Å². The number of hydrogen-bond acceptors (Lipinski definition) is 12. The molecule has 0 aromatic rings. The van der Waals surface area contributed by atoms with Gasteiger partial charge in [0.05, 0.1) is 26.2 Å². The van der Waals surface area contributed by atoms with Crippen molar-refractivity contribution in [2.75, 3.05) is 45.2 Å². The van der Waals surface area contributed by atoms with Gasteiger partial charge in [0.25, 0.3) is 0 Å². The van der Waals surface area contributed by atoms with Gasteiger partial charge in [0, 0.05) is 30.2 Å². The first-order valence-electron chi connectivity index (χ1n) is 7.33. The van der Waals surface area contributed by atoms with E-state index >= 15 is 0 Å². The second kappa shape index (κ2) is 31.4. The summed E-state index contributed by atoms with van der Waals surface area (Å²) in [6, 6.07) is 0. The van der Waals surface area contributed by atoms with Crippen LogP contribution in [-0.4, -0.2) is 132 Å². The van der Waals surface area contributed by atoms with Crippen molar-refractivity contribution in [3.8, 4) is 0 Å². The van der Waals surface area contributed by atoms with Crippen molar-refractivity contribution in [1.82, 2.24) is 9.80 Å². The van der Waals surface area contributed by atoms with Crippen molar-refractivity contribution >= 4 is 45.4 Å². The van der Waals surface area contributed by atoms with Gasteiger partial charge in [-0.05, 0) is 0 Å². The van der Waals surface area contributed by atoms with Gasteiger partial charge in [-0.3, -0.25) is 44.0 Å². The third-order valence-corrected chi connectivity index (χ3v) is 3.35. The molecular weight excluding hydrogens is 605 g/mol. The molecule has 0 heterocycles. The van der Waals surface area contributed by atoms with Crippen LogP contribution in [0.2, 0.25) is 0 Å². The maximum absolute atomic E-state index is 10.6. The molecule has 0 bridgehead atoms. The number of carboxylic acids is 4. The van der Waals surface area contributed by atoms with Crippen molar-refractivity contribution < 1.29 is 186 Å². The Morgan fingerprint density at radius 3 is 1.09 bits per heavy atom. The molecule has 0 spiro atoms. The molecule has 0 aliphatic carbocycles. The molecule has 35 heavy (non-hydrogen) atoms. The van der Waals surface area contributed by atoms with Crippen LogP contribution < -0.4 is 88.7 Å². The molecule has 0 saturated heterocycles. The minimum Gasteiger partial charge on any atom is -1.00 e. The zero-order valence-electron chi connectivity index (χ0n) is 21.9. The summed E-state index contributed by atoms with van der Waals surface area (Å²) in [6.07, 6.45) is 0. The van der Waals surface area contributed by atoms with Gasteiger partial charge in [-0.25, -0.2) is 8.39 Å². The Bertz CT molecular complexity index is 664. The fourth-order valence-electron chi connectivity index (χ4n) is 1.58. The van der Waals surface area contributed by atoms with Crippen LogP contribution in [0.3, 0.4) is 0 Å². The Balaban J connectivity index is -0.0000000476. The largest absolute Gasteiger partial charge is 1.00 e. The molecule has 198 valence electrons. The molecule has 1 unspecified atom stereocenters. The molecule has 0 radical (unpaired) electrons. The zero-order chi connectivity index (χ0) is 25.2. The molecule has 0 amide bonds. The Morgan fingerprint density at radius 2 is 0.971 bits per heavy atom. The second-order valence-corrected chi connectivity index (χ2v) is 6.95. The number of aliphatic carboxylic acids is 4. The van der Waals surface area contributed by atoms with Crippen LogP contribution in [-0.2, 0) is 61.9 Å². The summed E-state index contributed by atoms with van der Waals surface area (Å²) < 4.78 is 48.0. The van der Waals surface area contributed by atoms with Crippen LogP contribution in [0.25, 0.3) is 0 Å². The summed E-state index contributed by atoms with van der Waals surface area (Å²) in [5.41, 5.74) is 0. The van der Waals surface area contributed by atoms with Crippen molar-refractivity contribution in [2.45, 2.75) is 0 Å². The molecule has 0 fully saturated rings. The molecule has 0 aromatic heterocycles. The van der Waals surface area contributed by atoms with Crippen LogP contribution in [0.15, 0.2) is 0 Å². The Morgan fingerprint density at radius 1 is 0.743 bits per heavy atom. The van der Waals surface area contributed by atoms with Gasteiger partial charge in [-0.2, -0.15) is 8.42 Å². The van der Waals surface area contributed by atoms with E-state index in [1.165, 1.54) is 0 Å². The molecule has 0 aromatic carbocycles. The maximum Gasteiger partial charge on any atom is 1.00 e. The molecule has 1 atom stereocenters. The molecule has 0 aliphatic rings. The monoisotopic (exact) mass is 630 g/mol. The van der Waals surface area contributed by atoms with Gasteiger partial charge in [0.15, 0.2) is 17.0 Å². The van der Waals surface area contributed by atoms with Crippen LogP contribution in [0, 0.1) is 0 Å².